The summed E-state index contributed by atoms with van der Waals surface area (Å²) in [5.41, 5.74) is 4.09. The number of nitrogens with zero attached hydrogens (tertiary/aromatic N) is 4. The number of benzene rings is 1. The van der Waals surface area contributed by atoms with Gasteiger partial charge in [-0.25, -0.2) is 18.9 Å². The monoisotopic (exact) mass is 366 g/mol. The second kappa shape index (κ2) is 6.44. The summed E-state index contributed by atoms with van der Waals surface area (Å²) in [6.45, 7) is 8.03. The molecule has 1 aliphatic rings. The van der Waals surface area contributed by atoms with Crippen molar-refractivity contribution >= 4 is 11.4 Å². The van der Waals surface area contributed by atoms with Crippen molar-refractivity contribution in [3.63, 3.8) is 0 Å². The minimum atomic E-state index is -0.811. The van der Waals surface area contributed by atoms with Gasteiger partial charge in [0.2, 0.25) is 0 Å². The van der Waals surface area contributed by atoms with Crippen LogP contribution in [-0.2, 0) is 0 Å². The SMILES string of the molecule is CCCCC1(C)N=C(c2cnn3c(C)c(C)cnc23)c2cccc(F)c2O1. The molecule has 140 valence electrons. The van der Waals surface area contributed by atoms with Crippen LogP contribution in [-0.4, -0.2) is 26.0 Å². The lowest BCUT2D eigenvalue weighted by atomic mass is 9.98. The maximum absolute atomic E-state index is 14.6. The molecule has 5 nitrogen and oxygen atoms in total. The van der Waals surface area contributed by atoms with Gasteiger partial charge < -0.3 is 4.74 Å². The van der Waals surface area contributed by atoms with Gasteiger partial charge in [-0.2, -0.15) is 5.10 Å². The lowest BCUT2D eigenvalue weighted by Gasteiger charge is -2.33. The fraction of sp³-hybridized carbons (Fsp3) is 0.381. The molecule has 1 atom stereocenters. The minimum absolute atomic E-state index is 0.254. The highest BCUT2D eigenvalue weighted by atomic mass is 19.1. The van der Waals surface area contributed by atoms with Crippen LogP contribution >= 0.6 is 0 Å². The molecule has 0 saturated heterocycles. The number of unbranched alkanes of at least 4 members (excludes halogenated alkanes) is 1. The van der Waals surface area contributed by atoms with Crippen molar-refractivity contribution in [2.45, 2.75) is 52.7 Å². The molecule has 4 rings (SSSR count). The van der Waals surface area contributed by atoms with Crippen molar-refractivity contribution in [3.8, 4) is 5.75 Å². The van der Waals surface area contributed by atoms with Gasteiger partial charge in [0.15, 0.2) is 22.9 Å². The third-order valence-electron chi connectivity index (χ3n) is 5.15. The fourth-order valence-corrected chi connectivity index (χ4v) is 3.45. The third kappa shape index (κ3) is 2.89. The number of para-hydroxylation sites is 1. The zero-order valence-corrected chi connectivity index (χ0v) is 16.1. The summed E-state index contributed by atoms with van der Waals surface area (Å²) in [7, 11) is 0. The first kappa shape index (κ1) is 17.6. The average molecular weight is 366 g/mol. The molecule has 0 radical (unpaired) electrons. The topological polar surface area (TPSA) is 51.8 Å². The van der Waals surface area contributed by atoms with E-state index < -0.39 is 5.72 Å². The number of aromatic nitrogens is 3. The summed E-state index contributed by atoms with van der Waals surface area (Å²) < 4.78 is 22.4. The molecule has 3 aromatic rings. The van der Waals surface area contributed by atoms with Gasteiger partial charge in [-0.1, -0.05) is 19.4 Å². The maximum Gasteiger partial charge on any atom is 0.198 e. The van der Waals surface area contributed by atoms with Crippen molar-refractivity contribution in [2.75, 3.05) is 0 Å². The Labute approximate surface area is 157 Å². The van der Waals surface area contributed by atoms with E-state index in [4.69, 9.17) is 9.73 Å². The number of ether oxygens (including phenoxy) is 1. The van der Waals surface area contributed by atoms with Gasteiger partial charge in [-0.15, -0.1) is 0 Å². The Morgan fingerprint density at radius 2 is 2.00 bits per heavy atom. The van der Waals surface area contributed by atoms with E-state index >= 15 is 0 Å². The van der Waals surface area contributed by atoms with E-state index in [2.05, 4.69) is 17.0 Å². The van der Waals surface area contributed by atoms with Gasteiger partial charge >= 0.3 is 0 Å². The summed E-state index contributed by atoms with van der Waals surface area (Å²) in [5, 5.41) is 4.50. The predicted molar refractivity (Wildman–Crippen MR) is 103 cm³/mol. The van der Waals surface area contributed by atoms with Gasteiger partial charge in [-0.05, 0) is 44.9 Å². The van der Waals surface area contributed by atoms with Crippen LogP contribution in [0.4, 0.5) is 4.39 Å². The lowest BCUT2D eigenvalue weighted by molar-refractivity contribution is 0.0771. The number of halogens is 1. The van der Waals surface area contributed by atoms with Crippen LogP contribution in [0.3, 0.4) is 0 Å². The van der Waals surface area contributed by atoms with Gasteiger partial charge in [0.1, 0.15) is 0 Å². The molecule has 1 aromatic carbocycles. The van der Waals surface area contributed by atoms with Crippen molar-refractivity contribution in [1.82, 2.24) is 14.6 Å². The maximum atomic E-state index is 14.6. The number of aryl methyl sites for hydroxylation is 2. The molecule has 0 bridgehead atoms. The third-order valence-corrected chi connectivity index (χ3v) is 5.15. The van der Waals surface area contributed by atoms with Crippen molar-refractivity contribution < 1.29 is 9.13 Å². The number of aliphatic imine (C=N–C) groups is 1. The molecule has 0 fully saturated rings. The quantitative estimate of drug-likeness (QED) is 0.677. The summed E-state index contributed by atoms with van der Waals surface area (Å²) in [4.78, 5) is 9.48. The summed E-state index contributed by atoms with van der Waals surface area (Å²) in [5.74, 6) is -0.122. The fourth-order valence-electron chi connectivity index (χ4n) is 3.45. The predicted octanol–water partition coefficient (Wildman–Crippen LogP) is 4.62. The van der Waals surface area contributed by atoms with Gasteiger partial charge in [-0.3, -0.25) is 0 Å². The van der Waals surface area contributed by atoms with Crippen LogP contribution in [0.2, 0.25) is 0 Å². The molecule has 0 N–H and O–H groups in total. The van der Waals surface area contributed by atoms with E-state index in [0.29, 0.717) is 23.3 Å². The van der Waals surface area contributed by atoms with Crippen LogP contribution in [0, 0.1) is 19.7 Å². The molecule has 6 heteroatoms. The molecular weight excluding hydrogens is 343 g/mol. The summed E-state index contributed by atoms with van der Waals surface area (Å²) in [6.07, 6.45) is 6.27. The molecule has 27 heavy (non-hydrogen) atoms. The Balaban J connectivity index is 1.94. The molecule has 0 amide bonds. The highest BCUT2D eigenvalue weighted by molar-refractivity contribution is 6.18. The zero-order chi connectivity index (χ0) is 19.2. The molecule has 0 aliphatic carbocycles. The molecule has 1 aliphatic heterocycles. The second-order valence-corrected chi connectivity index (χ2v) is 7.28. The second-order valence-electron chi connectivity index (χ2n) is 7.28. The van der Waals surface area contributed by atoms with Gasteiger partial charge in [0.25, 0.3) is 0 Å². The Morgan fingerprint density at radius 3 is 2.78 bits per heavy atom. The summed E-state index contributed by atoms with van der Waals surface area (Å²) >= 11 is 0. The van der Waals surface area contributed by atoms with E-state index in [1.807, 2.05) is 37.5 Å². The first-order valence-electron chi connectivity index (χ1n) is 9.31. The molecule has 0 spiro atoms. The minimum Gasteiger partial charge on any atom is -0.463 e. The first-order valence-corrected chi connectivity index (χ1v) is 9.31. The number of hydrogen-bond acceptors (Lipinski definition) is 4. The molecule has 0 saturated carbocycles. The van der Waals surface area contributed by atoms with E-state index in [1.165, 1.54) is 6.07 Å². The van der Waals surface area contributed by atoms with Crippen LogP contribution in [0.15, 0.2) is 35.6 Å². The van der Waals surface area contributed by atoms with E-state index in [1.54, 1.807) is 12.3 Å². The Bertz CT molecular complexity index is 1060. The highest BCUT2D eigenvalue weighted by Gasteiger charge is 2.35. The Kier molecular flexibility index (Phi) is 4.21. The van der Waals surface area contributed by atoms with Crippen molar-refractivity contribution in [2.24, 2.45) is 4.99 Å². The normalized spacial score (nSPS) is 18.9. The van der Waals surface area contributed by atoms with Crippen LogP contribution in [0.1, 0.15) is 55.5 Å². The smallest absolute Gasteiger partial charge is 0.198 e. The molecule has 2 aromatic heterocycles. The van der Waals surface area contributed by atoms with Crippen LogP contribution < -0.4 is 4.74 Å². The van der Waals surface area contributed by atoms with Crippen molar-refractivity contribution in [1.29, 1.82) is 0 Å². The lowest BCUT2D eigenvalue weighted by Crippen LogP contribution is -2.36. The number of rotatable bonds is 4. The number of hydrogen-bond donors (Lipinski definition) is 0. The van der Waals surface area contributed by atoms with E-state index in [9.17, 15) is 4.39 Å². The van der Waals surface area contributed by atoms with E-state index in [0.717, 1.165) is 29.7 Å². The average Bonchev–Trinajstić information content (AvgIpc) is 3.08. The van der Waals surface area contributed by atoms with Crippen LogP contribution in [0.5, 0.6) is 5.75 Å². The Morgan fingerprint density at radius 1 is 1.19 bits per heavy atom. The Hall–Kier alpha value is -2.76. The first-order chi connectivity index (χ1) is 12.9. The number of fused-ring (bicyclic) bond motifs is 2. The van der Waals surface area contributed by atoms with E-state index in [-0.39, 0.29) is 11.6 Å². The van der Waals surface area contributed by atoms with Crippen molar-refractivity contribution in [3.05, 3.63) is 58.8 Å². The molecule has 1 unspecified atom stereocenters. The van der Waals surface area contributed by atoms with Gasteiger partial charge in [0, 0.05) is 23.9 Å². The highest BCUT2D eigenvalue weighted by Crippen LogP contribution is 2.37. The van der Waals surface area contributed by atoms with Crippen LogP contribution in [0.25, 0.3) is 5.65 Å². The largest absolute Gasteiger partial charge is 0.463 e. The van der Waals surface area contributed by atoms with Gasteiger partial charge in [0.05, 0.1) is 17.5 Å². The summed E-state index contributed by atoms with van der Waals surface area (Å²) in [6, 6.07) is 4.93. The zero-order valence-electron chi connectivity index (χ0n) is 16.1. The standard InChI is InChI=1S/C21H23FN4O/c1-5-6-10-21(4)25-18(15-8-7-9-17(22)19(15)27-21)16-12-24-26-14(3)13(2)11-23-20(16)26/h7-9,11-12H,5-6,10H2,1-4H3. The molecule has 3 heterocycles. The molecular formula is C21H23FN4O.